The van der Waals surface area contributed by atoms with Crippen LogP contribution in [0.2, 0.25) is 0 Å². The Hall–Kier alpha value is -2.39. The lowest BCUT2D eigenvalue weighted by atomic mass is 9.85. The highest BCUT2D eigenvalue weighted by molar-refractivity contribution is 7.71. The highest BCUT2D eigenvalue weighted by Crippen LogP contribution is 2.32. The van der Waals surface area contributed by atoms with Crippen LogP contribution in [0.5, 0.6) is 0 Å². The van der Waals surface area contributed by atoms with E-state index in [9.17, 15) is 0 Å². The van der Waals surface area contributed by atoms with E-state index in [-0.39, 0.29) is 0 Å². The van der Waals surface area contributed by atoms with Crippen molar-refractivity contribution in [3.8, 4) is 0 Å². The van der Waals surface area contributed by atoms with Crippen LogP contribution >= 0.6 is 12.2 Å². The number of oxazole rings is 1. The number of fused-ring (bicyclic) bond motifs is 2. The van der Waals surface area contributed by atoms with E-state index in [4.69, 9.17) is 16.6 Å². The summed E-state index contributed by atoms with van der Waals surface area (Å²) in [7, 11) is 0. The molecule has 0 N–H and O–H groups in total. The van der Waals surface area contributed by atoms with Crippen LogP contribution in [0.15, 0.2) is 53.5 Å². The molecule has 1 aliphatic carbocycles. The van der Waals surface area contributed by atoms with Crippen LogP contribution in [-0.2, 0) is 13.0 Å². The fourth-order valence-electron chi connectivity index (χ4n) is 3.59. The molecule has 0 saturated heterocycles. The van der Waals surface area contributed by atoms with Gasteiger partial charge in [0.15, 0.2) is 5.42 Å². The summed E-state index contributed by atoms with van der Waals surface area (Å²) < 4.78 is 7.84. The van der Waals surface area contributed by atoms with Crippen molar-refractivity contribution in [2.45, 2.75) is 25.8 Å². The van der Waals surface area contributed by atoms with Crippen LogP contribution in [0, 0.1) is 4.84 Å². The van der Waals surface area contributed by atoms with E-state index in [1.807, 2.05) is 10.6 Å². The average molecular weight is 333 g/mol. The zero-order valence-electron chi connectivity index (χ0n) is 13.5. The van der Waals surface area contributed by atoms with Crippen molar-refractivity contribution in [2.75, 3.05) is 0 Å². The Bertz CT molecular complexity index is 1120. The first kappa shape index (κ1) is 15.2. The highest BCUT2D eigenvalue weighted by Gasteiger charge is 2.18. The molecular formula is C21H19NOS. The van der Waals surface area contributed by atoms with Crippen molar-refractivity contribution in [3.05, 3.63) is 75.8 Å². The molecule has 0 bridgehead atoms. The molecule has 4 rings (SSSR count). The summed E-state index contributed by atoms with van der Waals surface area (Å²) in [5.74, 6) is 0. The third-order valence-electron chi connectivity index (χ3n) is 4.75. The SMILES string of the molecule is C=CCn1c(=S)o/c(=C2\CCCc3cc4ccccc4cc32)c1=C. The van der Waals surface area contributed by atoms with Gasteiger partial charge >= 0.3 is 0 Å². The topological polar surface area (TPSA) is 18.1 Å². The van der Waals surface area contributed by atoms with Gasteiger partial charge in [-0.1, -0.05) is 43.0 Å². The van der Waals surface area contributed by atoms with E-state index in [1.165, 1.54) is 27.5 Å². The Balaban J connectivity index is 2.05. The van der Waals surface area contributed by atoms with Gasteiger partial charge in [-0.25, -0.2) is 0 Å². The minimum absolute atomic E-state index is 0.468. The van der Waals surface area contributed by atoms with Crippen molar-refractivity contribution >= 4 is 35.1 Å². The molecular weight excluding hydrogens is 314 g/mol. The van der Waals surface area contributed by atoms with Crippen LogP contribution in [0.1, 0.15) is 24.0 Å². The molecule has 3 aromatic rings. The second-order valence-corrected chi connectivity index (χ2v) is 6.58. The smallest absolute Gasteiger partial charge is 0.269 e. The summed E-state index contributed by atoms with van der Waals surface area (Å²) in [6, 6.07) is 13.1. The van der Waals surface area contributed by atoms with Crippen molar-refractivity contribution < 1.29 is 4.42 Å². The maximum atomic E-state index is 5.94. The normalized spacial score (nSPS) is 16.2. The Kier molecular flexibility index (Phi) is 3.73. The summed E-state index contributed by atoms with van der Waals surface area (Å²) >= 11 is 5.37. The van der Waals surface area contributed by atoms with Gasteiger partial charge in [0.25, 0.3) is 4.84 Å². The van der Waals surface area contributed by atoms with Gasteiger partial charge in [-0.2, -0.15) is 0 Å². The largest absolute Gasteiger partial charge is 0.429 e. The number of benzene rings is 2. The number of nitrogens with zero attached hydrogens (tertiary/aromatic N) is 1. The van der Waals surface area contributed by atoms with Gasteiger partial charge in [0.2, 0.25) is 0 Å². The molecule has 0 amide bonds. The van der Waals surface area contributed by atoms with Gasteiger partial charge in [0.1, 0.15) is 0 Å². The van der Waals surface area contributed by atoms with Gasteiger partial charge in [0, 0.05) is 12.1 Å². The Morgan fingerprint density at radius 3 is 2.67 bits per heavy atom. The number of allylic oxidation sites excluding steroid dienone is 1. The first-order valence-corrected chi connectivity index (χ1v) is 8.64. The monoisotopic (exact) mass is 333 g/mol. The predicted octanol–water partition coefficient (Wildman–Crippen LogP) is 4.10. The fraction of sp³-hybridized carbons (Fsp3) is 0.190. The molecule has 0 unspecified atom stereocenters. The molecule has 2 nitrogen and oxygen atoms in total. The second-order valence-electron chi connectivity index (χ2n) is 6.23. The maximum absolute atomic E-state index is 5.94. The molecule has 0 saturated carbocycles. The summed E-state index contributed by atoms with van der Waals surface area (Å²) in [6.45, 7) is 8.62. The minimum atomic E-state index is 0.468. The minimum Gasteiger partial charge on any atom is -0.429 e. The van der Waals surface area contributed by atoms with E-state index < -0.39 is 0 Å². The summed E-state index contributed by atoms with van der Waals surface area (Å²) in [6.07, 6.45) is 5.03. The highest BCUT2D eigenvalue weighted by atomic mass is 32.1. The molecule has 120 valence electrons. The van der Waals surface area contributed by atoms with Gasteiger partial charge in [-0.05, 0) is 59.4 Å². The second kappa shape index (κ2) is 5.91. The van der Waals surface area contributed by atoms with Gasteiger partial charge < -0.3 is 4.42 Å². The quantitative estimate of drug-likeness (QED) is 0.519. The maximum Gasteiger partial charge on any atom is 0.269 e. The molecule has 24 heavy (non-hydrogen) atoms. The van der Waals surface area contributed by atoms with Gasteiger partial charge in [0.05, 0.1) is 5.35 Å². The predicted molar refractivity (Wildman–Crippen MR) is 102 cm³/mol. The van der Waals surface area contributed by atoms with Crippen molar-refractivity contribution in [1.29, 1.82) is 0 Å². The van der Waals surface area contributed by atoms with E-state index >= 15 is 0 Å². The summed E-state index contributed by atoms with van der Waals surface area (Å²) in [4.78, 5) is 0.468. The molecule has 1 aromatic heterocycles. The molecule has 2 aromatic carbocycles. The molecule has 1 aliphatic rings. The van der Waals surface area contributed by atoms with E-state index in [0.717, 1.165) is 30.0 Å². The first-order valence-electron chi connectivity index (χ1n) is 8.24. The number of hydrogen-bond donors (Lipinski definition) is 0. The van der Waals surface area contributed by atoms with E-state index in [1.54, 1.807) is 0 Å². The standard InChI is InChI=1S/C21H19NOS/c1-3-11-22-14(2)20(23-21(22)24)18-10-6-9-17-12-15-7-4-5-8-16(15)13-19(17)18/h3-5,7-8,12-13H,1-2,6,9-11H2/b20-18+. The van der Waals surface area contributed by atoms with Crippen molar-refractivity contribution in [3.63, 3.8) is 0 Å². The summed E-state index contributed by atoms with van der Waals surface area (Å²) in [5, 5.41) is 3.39. The zero-order chi connectivity index (χ0) is 16.7. The Morgan fingerprint density at radius 1 is 1.17 bits per heavy atom. The van der Waals surface area contributed by atoms with Crippen LogP contribution in [0.25, 0.3) is 22.9 Å². The molecule has 1 heterocycles. The fourth-order valence-corrected chi connectivity index (χ4v) is 3.85. The molecule has 3 heteroatoms. The third kappa shape index (κ3) is 2.36. The lowest BCUT2D eigenvalue weighted by molar-refractivity contribution is 0.488. The molecule has 0 radical (unpaired) electrons. The van der Waals surface area contributed by atoms with Crippen LogP contribution in [0.4, 0.5) is 0 Å². The lowest BCUT2D eigenvalue weighted by Gasteiger charge is -2.19. The number of aromatic nitrogens is 1. The average Bonchev–Trinajstić information content (AvgIpc) is 2.88. The van der Waals surface area contributed by atoms with E-state index in [0.29, 0.717) is 11.4 Å². The third-order valence-corrected chi connectivity index (χ3v) is 5.06. The number of hydrogen-bond acceptors (Lipinski definition) is 2. The van der Waals surface area contributed by atoms with Crippen molar-refractivity contribution in [1.82, 2.24) is 4.57 Å². The number of rotatable bonds is 2. The Labute approximate surface area is 146 Å². The molecule has 0 fully saturated rings. The first-order chi connectivity index (χ1) is 11.7. The zero-order valence-corrected chi connectivity index (χ0v) is 14.4. The molecule has 0 atom stereocenters. The molecule has 0 aliphatic heterocycles. The summed E-state index contributed by atoms with van der Waals surface area (Å²) in [5.41, 5.74) is 4.71. The molecule has 0 spiro atoms. The van der Waals surface area contributed by atoms with Crippen molar-refractivity contribution in [2.24, 2.45) is 0 Å². The van der Waals surface area contributed by atoms with E-state index in [2.05, 4.69) is 49.6 Å². The van der Waals surface area contributed by atoms with Gasteiger partial charge in [-0.15, -0.1) is 6.58 Å². The Morgan fingerprint density at radius 2 is 1.92 bits per heavy atom. The van der Waals surface area contributed by atoms with Crippen LogP contribution in [0.3, 0.4) is 0 Å². The number of aryl methyl sites for hydroxylation is 1. The lowest BCUT2D eigenvalue weighted by Crippen LogP contribution is -2.30. The van der Waals surface area contributed by atoms with Crippen LogP contribution < -0.4 is 10.8 Å². The van der Waals surface area contributed by atoms with Crippen LogP contribution in [-0.4, -0.2) is 4.57 Å². The van der Waals surface area contributed by atoms with Gasteiger partial charge in [-0.3, -0.25) is 4.57 Å².